The summed E-state index contributed by atoms with van der Waals surface area (Å²) in [6.07, 6.45) is 1.55. The van der Waals surface area contributed by atoms with E-state index in [1.807, 2.05) is 0 Å². The molecule has 168 valence electrons. The Bertz CT molecular complexity index is 1160. The van der Waals surface area contributed by atoms with Crippen LogP contribution in [0.1, 0.15) is 28.8 Å². The molecule has 0 radical (unpaired) electrons. The van der Waals surface area contributed by atoms with Gasteiger partial charge in [-0.1, -0.05) is 12.1 Å². The van der Waals surface area contributed by atoms with Crippen LogP contribution in [-0.4, -0.2) is 67.1 Å². The molecule has 2 aromatic carbocycles. The minimum absolute atomic E-state index is 0.0986. The van der Waals surface area contributed by atoms with Gasteiger partial charge in [-0.2, -0.15) is 0 Å². The van der Waals surface area contributed by atoms with Gasteiger partial charge >= 0.3 is 6.03 Å². The van der Waals surface area contributed by atoms with Crippen molar-refractivity contribution in [3.8, 4) is 0 Å². The summed E-state index contributed by atoms with van der Waals surface area (Å²) in [5.41, 5.74) is 1.54. The second-order valence-corrected chi connectivity index (χ2v) is 10.2. The maximum absolute atomic E-state index is 12.6. The van der Waals surface area contributed by atoms with Gasteiger partial charge in [0.2, 0.25) is 10.0 Å². The van der Waals surface area contributed by atoms with Crippen LogP contribution in [0.25, 0.3) is 0 Å². The summed E-state index contributed by atoms with van der Waals surface area (Å²) in [4.78, 5) is 40.6. The first-order chi connectivity index (χ1) is 15.2. The van der Waals surface area contributed by atoms with Crippen molar-refractivity contribution in [3.05, 3.63) is 59.7 Å². The van der Waals surface area contributed by atoms with E-state index < -0.39 is 15.9 Å². The summed E-state index contributed by atoms with van der Waals surface area (Å²) >= 11 is 0. The number of imide groups is 1. The quantitative estimate of drug-likeness (QED) is 0.670. The molecule has 2 aliphatic heterocycles. The highest BCUT2D eigenvalue weighted by Crippen LogP contribution is 2.28. The lowest BCUT2D eigenvalue weighted by atomic mass is 10.1. The summed E-state index contributed by atoms with van der Waals surface area (Å²) in [5.74, 6) is -0.570. The number of carbonyl (C=O) groups is 3. The van der Waals surface area contributed by atoms with Gasteiger partial charge in [0.25, 0.3) is 11.8 Å². The van der Waals surface area contributed by atoms with Gasteiger partial charge in [0, 0.05) is 31.9 Å². The molecule has 0 spiro atoms. The maximum Gasteiger partial charge on any atom is 0.327 e. The van der Waals surface area contributed by atoms with Crippen molar-refractivity contribution >= 4 is 33.6 Å². The number of urea groups is 1. The number of fused-ring (bicyclic) bond motifs is 1. The topological polar surface area (TPSA) is 107 Å². The summed E-state index contributed by atoms with van der Waals surface area (Å²) in [7, 11) is -0.691. The smallest absolute Gasteiger partial charge is 0.322 e. The molecule has 2 saturated heterocycles. The number of hydrogen-bond acceptors (Lipinski definition) is 5. The molecule has 32 heavy (non-hydrogen) atoms. The molecule has 2 aromatic rings. The maximum atomic E-state index is 12.6. The molecule has 1 unspecified atom stereocenters. The first kappa shape index (κ1) is 22.0. The van der Waals surface area contributed by atoms with Gasteiger partial charge < -0.3 is 10.2 Å². The van der Waals surface area contributed by atoms with Crippen LogP contribution < -0.4 is 5.32 Å². The molecule has 0 aromatic heterocycles. The zero-order valence-electron chi connectivity index (χ0n) is 17.8. The Kier molecular flexibility index (Phi) is 5.74. The number of benzene rings is 2. The van der Waals surface area contributed by atoms with Crippen LogP contribution >= 0.6 is 0 Å². The lowest BCUT2D eigenvalue weighted by molar-refractivity contribution is -0.128. The number of hydrogen-bond donors (Lipinski definition) is 1. The zero-order chi connectivity index (χ0) is 23.0. The second-order valence-electron chi connectivity index (χ2n) is 8.02. The molecule has 0 bridgehead atoms. The van der Waals surface area contributed by atoms with Gasteiger partial charge in [0.15, 0.2) is 0 Å². The Balaban J connectivity index is 1.45. The van der Waals surface area contributed by atoms with Crippen molar-refractivity contribution in [1.82, 2.24) is 14.1 Å². The van der Waals surface area contributed by atoms with Crippen LogP contribution in [0.5, 0.6) is 0 Å². The lowest BCUT2D eigenvalue weighted by Crippen LogP contribution is -2.32. The molecule has 4 rings (SSSR count). The predicted octanol–water partition coefficient (Wildman–Crippen LogP) is 2.12. The Morgan fingerprint density at radius 3 is 2.50 bits per heavy atom. The Labute approximate surface area is 186 Å². The standard InChI is InChI=1S/C22H24N4O5S/c1-24(2)32(30,31)18-10-8-16(9-11-18)20(27)23-17-6-3-5-15(13-17)14-26-21(28)19-7-4-12-25(19)22(26)29/h3,5-6,8-11,13,19H,4,7,12,14H2,1-2H3,(H,23,27). The third kappa shape index (κ3) is 3.98. The molecular formula is C22H24N4O5S. The largest absolute Gasteiger partial charge is 0.327 e. The van der Waals surface area contributed by atoms with E-state index in [2.05, 4.69) is 5.32 Å². The van der Waals surface area contributed by atoms with Crippen LogP contribution in [0.2, 0.25) is 0 Å². The molecule has 0 aliphatic carbocycles. The van der Waals surface area contributed by atoms with Crippen molar-refractivity contribution in [1.29, 1.82) is 0 Å². The van der Waals surface area contributed by atoms with E-state index in [9.17, 15) is 22.8 Å². The number of nitrogens with one attached hydrogen (secondary N) is 1. The molecule has 0 saturated carbocycles. The molecule has 1 N–H and O–H groups in total. The molecular weight excluding hydrogens is 432 g/mol. The van der Waals surface area contributed by atoms with Crippen LogP contribution in [-0.2, 0) is 21.4 Å². The van der Waals surface area contributed by atoms with Gasteiger partial charge in [-0.25, -0.2) is 17.5 Å². The van der Waals surface area contributed by atoms with Crippen molar-refractivity contribution in [3.63, 3.8) is 0 Å². The molecule has 1 atom stereocenters. The first-order valence-electron chi connectivity index (χ1n) is 10.2. The van der Waals surface area contributed by atoms with Crippen molar-refractivity contribution in [2.45, 2.75) is 30.3 Å². The SMILES string of the molecule is CN(C)S(=O)(=O)c1ccc(C(=O)Nc2cccc(CN3C(=O)C4CCCN4C3=O)c2)cc1. The third-order valence-corrected chi connectivity index (χ3v) is 7.53. The van der Waals surface area contributed by atoms with Crippen molar-refractivity contribution in [2.75, 3.05) is 26.0 Å². The van der Waals surface area contributed by atoms with E-state index in [1.165, 1.54) is 43.3 Å². The number of amides is 4. The van der Waals surface area contributed by atoms with Crippen molar-refractivity contribution < 1.29 is 22.8 Å². The highest BCUT2D eigenvalue weighted by atomic mass is 32.2. The monoisotopic (exact) mass is 456 g/mol. The average molecular weight is 457 g/mol. The number of carbonyl (C=O) groups excluding carboxylic acids is 3. The predicted molar refractivity (Wildman–Crippen MR) is 117 cm³/mol. The summed E-state index contributed by atoms with van der Waals surface area (Å²) < 4.78 is 25.4. The molecule has 9 nitrogen and oxygen atoms in total. The van der Waals surface area contributed by atoms with Crippen LogP contribution in [0.15, 0.2) is 53.4 Å². The molecule has 10 heteroatoms. The first-order valence-corrected chi connectivity index (χ1v) is 11.7. The highest BCUT2D eigenvalue weighted by molar-refractivity contribution is 7.89. The Hall–Kier alpha value is -3.24. The fraction of sp³-hybridized carbons (Fsp3) is 0.318. The zero-order valence-corrected chi connectivity index (χ0v) is 18.6. The minimum atomic E-state index is -3.57. The minimum Gasteiger partial charge on any atom is -0.322 e. The fourth-order valence-corrected chi connectivity index (χ4v) is 4.85. The van der Waals surface area contributed by atoms with Gasteiger partial charge in [-0.3, -0.25) is 14.5 Å². The second kappa shape index (κ2) is 8.36. The Morgan fingerprint density at radius 1 is 1.12 bits per heavy atom. The molecule has 2 heterocycles. The summed E-state index contributed by atoms with van der Waals surface area (Å²) in [6, 6.07) is 12.0. The van der Waals surface area contributed by atoms with E-state index in [0.717, 1.165) is 16.3 Å². The summed E-state index contributed by atoms with van der Waals surface area (Å²) in [6.45, 7) is 0.752. The Morgan fingerprint density at radius 2 is 1.84 bits per heavy atom. The van der Waals surface area contributed by atoms with Crippen LogP contribution in [0, 0.1) is 0 Å². The van der Waals surface area contributed by atoms with E-state index >= 15 is 0 Å². The van der Waals surface area contributed by atoms with Gasteiger partial charge in [0.05, 0.1) is 11.4 Å². The number of anilines is 1. The van der Waals surface area contributed by atoms with Crippen molar-refractivity contribution in [2.24, 2.45) is 0 Å². The van der Waals surface area contributed by atoms with E-state index in [0.29, 0.717) is 24.2 Å². The fourth-order valence-electron chi connectivity index (χ4n) is 3.95. The summed E-state index contributed by atoms with van der Waals surface area (Å²) in [5, 5.41) is 2.77. The molecule has 2 fully saturated rings. The number of rotatable bonds is 6. The van der Waals surface area contributed by atoms with Gasteiger partial charge in [-0.05, 0) is 54.8 Å². The molecule has 4 amide bonds. The van der Waals surface area contributed by atoms with Crippen LogP contribution in [0.3, 0.4) is 0 Å². The third-order valence-electron chi connectivity index (χ3n) is 5.70. The number of nitrogens with zero attached hydrogens (tertiary/aromatic N) is 3. The van der Waals surface area contributed by atoms with Gasteiger partial charge in [0.1, 0.15) is 6.04 Å². The van der Waals surface area contributed by atoms with Crippen LogP contribution in [0.4, 0.5) is 10.5 Å². The average Bonchev–Trinajstić information content (AvgIpc) is 3.34. The number of sulfonamides is 1. The molecule has 2 aliphatic rings. The lowest BCUT2D eigenvalue weighted by Gasteiger charge is -2.16. The van der Waals surface area contributed by atoms with E-state index in [1.54, 1.807) is 29.2 Å². The van der Waals surface area contributed by atoms with Gasteiger partial charge in [-0.15, -0.1) is 0 Å². The highest BCUT2D eigenvalue weighted by Gasteiger charge is 2.47. The van der Waals surface area contributed by atoms with E-state index in [4.69, 9.17) is 0 Å². The normalized spacial score (nSPS) is 18.4. The van der Waals surface area contributed by atoms with E-state index in [-0.39, 0.29) is 29.4 Å².